The van der Waals surface area contributed by atoms with E-state index in [1.54, 1.807) is 0 Å². The van der Waals surface area contributed by atoms with E-state index in [1.165, 1.54) is 103 Å². The fourth-order valence-electron chi connectivity index (χ4n) is 8.64. The van der Waals surface area contributed by atoms with Crippen LogP contribution in [0.25, 0.3) is 0 Å². The van der Waals surface area contributed by atoms with Gasteiger partial charge in [-0.15, -0.1) is 0 Å². The van der Waals surface area contributed by atoms with Crippen LogP contribution in [0.5, 0.6) is 0 Å². The first kappa shape index (κ1) is 61.4. The molecule has 1 amide bonds. The maximum Gasteiger partial charge on any atom is 0.470 e. The number of amides is 1. The Hall–Kier alpha value is -1.64. The standard InChI is InChI=1S/C50H96NO13P/c1-4-7-10-13-16-18-20-21-23-25-28-30-33-36-42(54)39-46(57)63-50-47(51-44(55)38-41(53)35-32-29-27-24-22-19-17-14-11-8-5-2)49(48(43(40-52)61-50)64-65(58,59)60)62-45(56)37-34-31-26-15-12-9-6-3/h41-43,47-50,52-54H,4-40H2,1-3H3,(H,51,55)(H2,58,59,60)/t41-,42-,43-,47-,48-,49-,50-/m1/s1. The quantitative estimate of drug-likeness (QED) is 0.0190. The predicted molar refractivity (Wildman–Crippen MR) is 256 cm³/mol. The van der Waals surface area contributed by atoms with Crippen LogP contribution >= 0.6 is 7.82 Å². The second kappa shape index (κ2) is 40.3. The van der Waals surface area contributed by atoms with Crippen LogP contribution in [0.3, 0.4) is 0 Å². The molecule has 0 saturated carbocycles. The molecular weight excluding hydrogens is 854 g/mol. The first-order valence-corrected chi connectivity index (χ1v) is 27.9. The summed E-state index contributed by atoms with van der Waals surface area (Å²) in [5.74, 6) is -2.33. The van der Waals surface area contributed by atoms with Crippen molar-refractivity contribution in [2.24, 2.45) is 0 Å². The fraction of sp³-hybridized carbons (Fsp3) is 0.940. The minimum atomic E-state index is -5.29. The number of nitrogens with one attached hydrogen (secondary N) is 1. The molecule has 0 aromatic rings. The van der Waals surface area contributed by atoms with E-state index in [-0.39, 0.29) is 12.8 Å². The summed E-state index contributed by atoms with van der Waals surface area (Å²) in [5, 5.41) is 34.5. The molecule has 0 aliphatic carbocycles. The van der Waals surface area contributed by atoms with Gasteiger partial charge in [-0.25, -0.2) is 4.57 Å². The molecule has 1 rings (SSSR count). The van der Waals surface area contributed by atoms with Gasteiger partial charge in [-0.05, 0) is 19.3 Å². The average Bonchev–Trinajstić information content (AvgIpc) is 3.25. The summed E-state index contributed by atoms with van der Waals surface area (Å²) in [4.78, 5) is 59.9. The molecule has 14 nitrogen and oxygen atoms in total. The number of phosphoric acid groups is 1. The number of hydrogen-bond donors (Lipinski definition) is 6. The van der Waals surface area contributed by atoms with E-state index in [1.807, 2.05) is 0 Å². The van der Waals surface area contributed by atoms with E-state index in [4.69, 9.17) is 18.7 Å². The molecule has 1 heterocycles. The molecule has 384 valence electrons. The highest BCUT2D eigenvalue weighted by atomic mass is 31.2. The third-order valence-corrected chi connectivity index (χ3v) is 13.0. The lowest BCUT2D eigenvalue weighted by Gasteiger charge is -2.44. The Morgan fingerprint density at radius 2 is 0.923 bits per heavy atom. The molecule has 0 bridgehead atoms. The van der Waals surface area contributed by atoms with Gasteiger partial charge in [0, 0.05) is 6.42 Å². The summed E-state index contributed by atoms with van der Waals surface area (Å²) in [6, 6.07) is -1.55. The Bertz CT molecular complexity index is 1220. The summed E-state index contributed by atoms with van der Waals surface area (Å²) < 4.78 is 34.5. The van der Waals surface area contributed by atoms with Crippen molar-refractivity contribution in [2.45, 2.75) is 295 Å². The first-order valence-electron chi connectivity index (χ1n) is 26.4. The number of aliphatic hydroxyl groups is 3. The summed E-state index contributed by atoms with van der Waals surface area (Å²) >= 11 is 0. The number of ether oxygens (including phenoxy) is 3. The molecule has 0 aromatic heterocycles. The minimum absolute atomic E-state index is 0.0360. The number of esters is 2. The zero-order chi connectivity index (χ0) is 48.0. The minimum Gasteiger partial charge on any atom is -0.457 e. The van der Waals surface area contributed by atoms with Crippen molar-refractivity contribution in [3.8, 4) is 0 Å². The molecule has 6 N–H and O–H groups in total. The number of carbonyl (C=O) groups excluding carboxylic acids is 3. The molecule has 0 radical (unpaired) electrons. The first-order chi connectivity index (χ1) is 31.3. The summed E-state index contributed by atoms with van der Waals surface area (Å²) in [6.07, 6.45) is 25.6. The number of hydrogen-bond acceptors (Lipinski definition) is 11. The van der Waals surface area contributed by atoms with Gasteiger partial charge in [0.15, 0.2) is 6.10 Å². The van der Waals surface area contributed by atoms with Crippen LogP contribution in [0, 0.1) is 0 Å². The smallest absolute Gasteiger partial charge is 0.457 e. The van der Waals surface area contributed by atoms with Crippen LogP contribution in [-0.4, -0.2) is 92.4 Å². The van der Waals surface area contributed by atoms with Gasteiger partial charge in [0.25, 0.3) is 0 Å². The normalized spacial score (nSPS) is 19.8. The number of rotatable bonds is 44. The third-order valence-electron chi connectivity index (χ3n) is 12.5. The van der Waals surface area contributed by atoms with Crippen LogP contribution in [0.4, 0.5) is 0 Å². The number of phosphoric ester groups is 1. The van der Waals surface area contributed by atoms with Gasteiger partial charge in [0.1, 0.15) is 18.2 Å². The van der Waals surface area contributed by atoms with Gasteiger partial charge < -0.3 is 44.6 Å². The Balaban J connectivity index is 2.93. The monoisotopic (exact) mass is 950 g/mol. The summed E-state index contributed by atoms with van der Waals surface area (Å²) in [6.45, 7) is 5.70. The second-order valence-corrected chi connectivity index (χ2v) is 20.0. The van der Waals surface area contributed by atoms with Crippen molar-refractivity contribution in [1.82, 2.24) is 5.32 Å². The van der Waals surface area contributed by atoms with Crippen molar-refractivity contribution < 1.29 is 62.8 Å². The van der Waals surface area contributed by atoms with Gasteiger partial charge >= 0.3 is 19.8 Å². The van der Waals surface area contributed by atoms with Gasteiger partial charge in [-0.2, -0.15) is 0 Å². The van der Waals surface area contributed by atoms with Gasteiger partial charge in [-0.3, -0.25) is 18.9 Å². The lowest BCUT2D eigenvalue weighted by Crippen LogP contribution is -2.66. The van der Waals surface area contributed by atoms with E-state index in [2.05, 4.69) is 26.1 Å². The third kappa shape index (κ3) is 33.5. The van der Waals surface area contributed by atoms with Crippen molar-refractivity contribution in [2.75, 3.05) is 6.61 Å². The molecular formula is C50H96NO13P. The van der Waals surface area contributed by atoms with E-state index in [9.17, 15) is 44.1 Å². The Morgan fingerprint density at radius 3 is 1.32 bits per heavy atom. The highest BCUT2D eigenvalue weighted by Gasteiger charge is 2.53. The second-order valence-electron chi connectivity index (χ2n) is 18.8. The number of carbonyl (C=O) groups is 3. The Labute approximate surface area is 394 Å². The molecule has 1 fully saturated rings. The highest BCUT2D eigenvalue weighted by molar-refractivity contribution is 7.46. The summed E-state index contributed by atoms with van der Waals surface area (Å²) in [7, 11) is -5.29. The topological polar surface area (TPSA) is 218 Å². The molecule has 15 heteroatoms. The SMILES string of the molecule is CCCCCCCCCCCCCCC[C@@H](O)CC(=O)O[C@H]1O[C@H](CO)[C@@H](OP(=O)(O)O)[C@H](OC(=O)CCCCCCCCC)[C@H]1NC(=O)C[C@H](O)CCCCCCCCCCCCC. The van der Waals surface area contributed by atoms with Gasteiger partial charge in [-0.1, -0.05) is 213 Å². The van der Waals surface area contributed by atoms with Crippen LogP contribution in [0.2, 0.25) is 0 Å². The van der Waals surface area contributed by atoms with Crippen molar-refractivity contribution in [3.63, 3.8) is 0 Å². The van der Waals surface area contributed by atoms with E-state index in [0.717, 1.165) is 83.5 Å². The molecule has 0 unspecified atom stereocenters. The fourth-order valence-corrected chi connectivity index (χ4v) is 9.21. The van der Waals surface area contributed by atoms with Crippen LogP contribution < -0.4 is 5.32 Å². The summed E-state index contributed by atoms with van der Waals surface area (Å²) in [5.41, 5.74) is 0. The Morgan fingerprint density at radius 1 is 0.538 bits per heavy atom. The predicted octanol–water partition coefficient (Wildman–Crippen LogP) is 10.9. The Kier molecular flexibility index (Phi) is 38.0. The van der Waals surface area contributed by atoms with Gasteiger partial charge in [0.05, 0.1) is 31.7 Å². The van der Waals surface area contributed by atoms with E-state index < -0.39 is 81.5 Å². The molecule has 1 saturated heterocycles. The van der Waals surface area contributed by atoms with Gasteiger partial charge in [0.2, 0.25) is 12.2 Å². The molecule has 0 aromatic carbocycles. The van der Waals surface area contributed by atoms with Crippen molar-refractivity contribution >= 4 is 25.7 Å². The zero-order valence-corrected chi connectivity index (χ0v) is 42.0. The maximum absolute atomic E-state index is 13.5. The maximum atomic E-state index is 13.5. The van der Waals surface area contributed by atoms with Crippen molar-refractivity contribution in [1.29, 1.82) is 0 Å². The lowest BCUT2D eigenvalue weighted by molar-refractivity contribution is -0.265. The van der Waals surface area contributed by atoms with E-state index >= 15 is 0 Å². The van der Waals surface area contributed by atoms with Crippen molar-refractivity contribution in [3.05, 3.63) is 0 Å². The lowest BCUT2D eigenvalue weighted by atomic mass is 9.96. The molecule has 65 heavy (non-hydrogen) atoms. The average molecular weight is 950 g/mol. The highest BCUT2D eigenvalue weighted by Crippen LogP contribution is 2.42. The largest absolute Gasteiger partial charge is 0.470 e. The molecule has 7 atom stereocenters. The van der Waals surface area contributed by atoms with E-state index in [0.29, 0.717) is 25.7 Å². The number of unbranched alkanes of at least 4 members (excludes halogenated alkanes) is 28. The molecule has 1 aliphatic heterocycles. The molecule has 1 aliphatic rings. The van der Waals surface area contributed by atoms with Crippen LogP contribution in [0.15, 0.2) is 0 Å². The zero-order valence-electron chi connectivity index (χ0n) is 41.2. The van der Waals surface area contributed by atoms with Crippen LogP contribution in [-0.2, 0) is 37.7 Å². The molecule has 0 spiro atoms. The number of aliphatic hydroxyl groups excluding tert-OH is 3. The van der Waals surface area contributed by atoms with Crippen LogP contribution in [0.1, 0.15) is 252 Å².